The zero-order valence-corrected chi connectivity index (χ0v) is 18.0. The van der Waals surface area contributed by atoms with Crippen LogP contribution in [0.5, 0.6) is 5.75 Å². The molecule has 0 atom stereocenters. The molecule has 31 heavy (non-hydrogen) atoms. The van der Waals surface area contributed by atoms with Crippen LogP contribution in [0.4, 0.5) is 0 Å². The number of rotatable bonds is 9. The number of fused-ring (bicyclic) bond motifs is 1. The van der Waals surface area contributed by atoms with Gasteiger partial charge in [-0.05, 0) is 48.4 Å². The van der Waals surface area contributed by atoms with Crippen molar-refractivity contribution in [3.8, 4) is 17.1 Å². The zero-order chi connectivity index (χ0) is 21.5. The second-order valence-corrected chi connectivity index (χ2v) is 7.77. The number of benzene rings is 3. The molecule has 0 N–H and O–H groups in total. The molecule has 0 aliphatic rings. The summed E-state index contributed by atoms with van der Waals surface area (Å²) in [5.41, 5.74) is 2.81. The SMILES string of the molecule is CCCCCCn1c(-c2ccc(OCc3ccccc3)cc2)nc2ccccc2c1=O. The lowest BCUT2D eigenvalue weighted by Gasteiger charge is -2.14. The minimum absolute atomic E-state index is 0.0292. The van der Waals surface area contributed by atoms with Gasteiger partial charge >= 0.3 is 0 Å². The van der Waals surface area contributed by atoms with Gasteiger partial charge in [0.05, 0.1) is 10.9 Å². The molecule has 4 rings (SSSR count). The fourth-order valence-corrected chi connectivity index (χ4v) is 3.73. The van der Waals surface area contributed by atoms with E-state index in [2.05, 4.69) is 6.92 Å². The van der Waals surface area contributed by atoms with Crippen LogP contribution < -0.4 is 10.3 Å². The molecule has 4 aromatic rings. The van der Waals surface area contributed by atoms with Crippen molar-refractivity contribution in [3.05, 3.63) is 94.8 Å². The Kier molecular flexibility index (Phi) is 6.78. The first-order chi connectivity index (χ1) is 15.3. The quantitative estimate of drug-likeness (QED) is 0.306. The molecule has 0 fully saturated rings. The van der Waals surface area contributed by atoms with E-state index in [1.54, 1.807) is 0 Å². The highest BCUT2D eigenvalue weighted by molar-refractivity contribution is 5.79. The Morgan fingerprint density at radius 3 is 2.35 bits per heavy atom. The van der Waals surface area contributed by atoms with Crippen molar-refractivity contribution in [1.29, 1.82) is 0 Å². The highest BCUT2D eigenvalue weighted by atomic mass is 16.5. The van der Waals surface area contributed by atoms with E-state index in [1.807, 2.05) is 83.4 Å². The van der Waals surface area contributed by atoms with E-state index >= 15 is 0 Å². The molecule has 1 aromatic heterocycles. The van der Waals surface area contributed by atoms with Gasteiger partial charge in [-0.2, -0.15) is 0 Å². The second kappa shape index (κ2) is 10.1. The lowest BCUT2D eigenvalue weighted by atomic mass is 10.1. The number of unbranched alkanes of at least 4 members (excludes halogenated alkanes) is 3. The molecular formula is C27H28N2O2. The van der Waals surface area contributed by atoms with Gasteiger partial charge in [0.15, 0.2) is 0 Å². The topological polar surface area (TPSA) is 44.1 Å². The molecule has 0 unspecified atom stereocenters. The number of hydrogen-bond acceptors (Lipinski definition) is 3. The maximum absolute atomic E-state index is 13.2. The first-order valence-electron chi connectivity index (χ1n) is 11.0. The van der Waals surface area contributed by atoms with E-state index in [0.717, 1.165) is 41.1 Å². The molecule has 0 radical (unpaired) electrons. The standard InChI is InChI=1S/C27H28N2O2/c1-2-3-4-10-19-29-26(28-25-14-9-8-13-24(25)27(29)30)22-15-17-23(18-16-22)31-20-21-11-6-5-7-12-21/h5-9,11-18H,2-4,10,19-20H2,1H3. The van der Waals surface area contributed by atoms with Crippen molar-refractivity contribution in [3.63, 3.8) is 0 Å². The van der Waals surface area contributed by atoms with Gasteiger partial charge in [0, 0.05) is 12.1 Å². The van der Waals surface area contributed by atoms with Crippen LogP contribution in [-0.2, 0) is 13.2 Å². The Hall–Kier alpha value is -3.40. The summed E-state index contributed by atoms with van der Waals surface area (Å²) in [4.78, 5) is 18.1. The zero-order valence-electron chi connectivity index (χ0n) is 18.0. The van der Waals surface area contributed by atoms with Crippen molar-refractivity contribution in [2.24, 2.45) is 0 Å². The molecule has 0 aliphatic carbocycles. The van der Waals surface area contributed by atoms with Crippen LogP contribution >= 0.6 is 0 Å². The second-order valence-electron chi connectivity index (χ2n) is 7.77. The van der Waals surface area contributed by atoms with Gasteiger partial charge in [0.1, 0.15) is 18.2 Å². The molecule has 0 bridgehead atoms. The predicted molar refractivity (Wildman–Crippen MR) is 126 cm³/mol. The van der Waals surface area contributed by atoms with Crippen LogP contribution in [0.25, 0.3) is 22.3 Å². The van der Waals surface area contributed by atoms with Gasteiger partial charge in [-0.3, -0.25) is 9.36 Å². The van der Waals surface area contributed by atoms with Crippen molar-refractivity contribution in [1.82, 2.24) is 9.55 Å². The van der Waals surface area contributed by atoms with E-state index in [9.17, 15) is 4.79 Å². The molecule has 0 saturated heterocycles. The fraction of sp³-hybridized carbons (Fsp3) is 0.259. The Balaban J connectivity index is 1.61. The Labute approximate surface area is 183 Å². The van der Waals surface area contributed by atoms with Gasteiger partial charge in [-0.25, -0.2) is 4.98 Å². The minimum atomic E-state index is 0.0292. The van der Waals surface area contributed by atoms with Crippen LogP contribution in [-0.4, -0.2) is 9.55 Å². The van der Waals surface area contributed by atoms with Gasteiger partial charge in [-0.15, -0.1) is 0 Å². The number of para-hydroxylation sites is 1. The third-order valence-corrected chi connectivity index (χ3v) is 5.46. The largest absolute Gasteiger partial charge is 0.489 e. The number of hydrogen-bond donors (Lipinski definition) is 0. The monoisotopic (exact) mass is 412 g/mol. The summed E-state index contributed by atoms with van der Waals surface area (Å²) in [6.45, 7) is 3.39. The first kappa shape index (κ1) is 20.9. The number of nitrogens with zero attached hydrogens (tertiary/aromatic N) is 2. The summed E-state index contributed by atoms with van der Waals surface area (Å²) >= 11 is 0. The van der Waals surface area contributed by atoms with Gasteiger partial charge < -0.3 is 4.74 Å². The Bertz CT molecular complexity index is 1180. The highest BCUT2D eigenvalue weighted by Crippen LogP contribution is 2.23. The van der Waals surface area contributed by atoms with Gasteiger partial charge in [0.25, 0.3) is 5.56 Å². The van der Waals surface area contributed by atoms with Crippen LogP contribution in [0.15, 0.2) is 83.7 Å². The molecule has 4 heteroatoms. The Morgan fingerprint density at radius 2 is 1.58 bits per heavy atom. The lowest BCUT2D eigenvalue weighted by molar-refractivity contribution is 0.306. The van der Waals surface area contributed by atoms with Crippen LogP contribution in [0.2, 0.25) is 0 Å². The van der Waals surface area contributed by atoms with E-state index in [1.165, 1.54) is 12.8 Å². The van der Waals surface area contributed by atoms with Crippen molar-refractivity contribution < 1.29 is 4.74 Å². The fourth-order valence-electron chi connectivity index (χ4n) is 3.73. The van der Waals surface area contributed by atoms with Gasteiger partial charge in [-0.1, -0.05) is 68.7 Å². The molecule has 3 aromatic carbocycles. The van der Waals surface area contributed by atoms with Crippen molar-refractivity contribution >= 4 is 10.9 Å². The summed E-state index contributed by atoms with van der Waals surface area (Å²) < 4.78 is 7.74. The molecule has 0 spiro atoms. The number of ether oxygens (including phenoxy) is 1. The van der Waals surface area contributed by atoms with Crippen LogP contribution in [0.1, 0.15) is 38.2 Å². The normalized spacial score (nSPS) is 11.0. The molecular weight excluding hydrogens is 384 g/mol. The smallest absolute Gasteiger partial charge is 0.261 e. The highest BCUT2D eigenvalue weighted by Gasteiger charge is 2.12. The van der Waals surface area contributed by atoms with E-state index < -0.39 is 0 Å². The minimum Gasteiger partial charge on any atom is -0.489 e. The molecule has 0 saturated carbocycles. The summed E-state index contributed by atoms with van der Waals surface area (Å²) in [5, 5.41) is 0.671. The summed E-state index contributed by atoms with van der Waals surface area (Å²) in [7, 11) is 0. The maximum atomic E-state index is 13.2. The molecule has 158 valence electrons. The predicted octanol–water partition coefficient (Wildman–Crippen LogP) is 6.22. The summed E-state index contributed by atoms with van der Waals surface area (Å²) in [6, 6.07) is 25.5. The van der Waals surface area contributed by atoms with Crippen molar-refractivity contribution in [2.45, 2.75) is 45.8 Å². The van der Waals surface area contributed by atoms with Crippen LogP contribution in [0.3, 0.4) is 0 Å². The average molecular weight is 413 g/mol. The summed E-state index contributed by atoms with van der Waals surface area (Å²) in [5.74, 6) is 1.51. The van der Waals surface area contributed by atoms with E-state index in [0.29, 0.717) is 18.5 Å². The molecule has 0 aliphatic heterocycles. The average Bonchev–Trinajstić information content (AvgIpc) is 2.82. The van der Waals surface area contributed by atoms with E-state index in [-0.39, 0.29) is 5.56 Å². The molecule has 1 heterocycles. The maximum Gasteiger partial charge on any atom is 0.261 e. The van der Waals surface area contributed by atoms with Crippen molar-refractivity contribution in [2.75, 3.05) is 0 Å². The summed E-state index contributed by atoms with van der Waals surface area (Å²) in [6.07, 6.45) is 4.43. The third-order valence-electron chi connectivity index (χ3n) is 5.46. The first-order valence-corrected chi connectivity index (χ1v) is 11.0. The van der Waals surface area contributed by atoms with E-state index in [4.69, 9.17) is 9.72 Å². The van der Waals surface area contributed by atoms with Crippen LogP contribution in [0, 0.1) is 0 Å². The van der Waals surface area contributed by atoms with Gasteiger partial charge in [0.2, 0.25) is 0 Å². The molecule has 4 nitrogen and oxygen atoms in total. The lowest BCUT2D eigenvalue weighted by Crippen LogP contribution is -2.23. The number of aromatic nitrogens is 2. The third kappa shape index (κ3) is 5.02. The Morgan fingerprint density at radius 1 is 0.839 bits per heavy atom. The molecule has 0 amide bonds.